The van der Waals surface area contributed by atoms with E-state index in [-0.39, 0.29) is 12.1 Å². The number of nitrogens with zero attached hydrogens (tertiary/aromatic N) is 5. The van der Waals surface area contributed by atoms with Gasteiger partial charge >= 0.3 is 0 Å². The highest BCUT2D eigenvalue weighted by molar-refractivity contribution is 6.30. The molecule has 2 aromatic rings. The van der Waals surface area contributed by atoms with Gasteiger partial charge in [0.15, 0.2) is 11.7 Å². The summed E-state index contributed by atoms with van der Waals surface area (Å²) < 4.78 is 0. The predicted octanol–water partition coefficient (Wildman–Crippen LogP) is 2.64. The molecule has 0 saturated heterocycles. The lowest BCUT2D eigenvalue weighted by Gasteiger charge is -2.25. The Labute approximate surface area is 157 Å². The molecule has 0 aliphatic carbocycles. The van der Waals surface area contributed by atoms with Crippen LogP contribution in [-0.2, 0) is 0 Å². The normalized spacial score (nSPS) is 18.9. The molecule has 132 valence electrons. The first-order valence-corrected chi connectivity index (χ1v) is 8.49. The largest absolute Gasteiger partial charge is 0.396 e. The number of hydrogen-bond acceptors (Lipinski definition) is 6. The van der Waals surface area contributed by atoms with Crippen molar-refractivity contribution in [1.29, 1.82) is 0 Å². The van der Waals surface area contributed by atoms with Crippen molar-refractivity contribution in [2.24, 2.45) is 10.7 Å². The summed E-state index contributed by atoms with van der Waals surface area (Å²) in [5, 5.41) is 0.451. The molecule has 0 spiro atoms. The Morgan fingerprint density at radius 3 is 2.69 bits per heavy atom. The number of rotatable bonds is 2. The lowest BCUT2D eigenvalue weighted by Crippen LogP contribution is -2.39. The minimum absolute atomic E-state index is 0.0626. The van der Waals surface area contributed by atoms with Crippen LogP contribution < -0.4 is 10.6 Å². The van der Waals surface area contributed by atoms with Gasteiger partial charge in [-0.05, 0) is 26.8 Å². The van der Waals surface area contributed by atoms with E-state index in [9.17, 15) is 0 Å². The highest BCUT2D eigenvalue weighted by atomic mass is 35.5. The number of aromatic nitrogens is 3. The number of pyridine rings is 1. The molecule has 3 rings (SSSR count). The fourth-order valence-corrected chi connectivity index (χ4v) is 2.81. The lowest BCUT2D eigenvalue weighted by molar-refractivity contribution is 0.696. The third-order valence-electron chi connectivity index (χ3n) is 4.15. The molecule has 0 fully saturated rings. The maximum Gasteiger partial charge on any atom is 0.153 e. The molecule has 0 bridgehead atoms. The van der Waals surface area contributed by atoms with E-state index < -0.39 is 0 Å². The summed E-state index contributed by atoms with van der Waals surface area (Å²) in [5.41, 5.74) is 8.83. The summed E-state index contributed by atoms with van der Waals surface area (Å²) in [6.07, 6.45) is 5.05. The zero-order valence-corrected chi connectivity index (χ0v) is 15.6. The Kier molecular flexibility index (Phi) is 4.92. The number of aryl methyl sites for hydroxylation is 1. The van der Waals surface area contributed by atoms with E-state index in [1.807, 2.05) is 31.7 Å². The number of anilines is 1. The van der Waals surface area contributed by atoms with Crippen molar-refractivity contribution in [2.75, 3.05) is 4.90 Å². The van der Waals surface area contributed by atoms with E-state index in [1.54, 1.807) is 18.6 Å². The average Bonchev–Trinajstić information content (AvgIpc) is 2.94. The van der Waals surface area contributed by atoms with Gasteiger partial charge in [-0.15, -0.1) is 0 Å². The van der Waals surface area contributed by atoms with Gasteiger partial charge < -0.3 is 10.6 Å². The van der Waals surface area contributed by atoms with Gasteiger partial charge in [-0.1, -0.05) is 30.0 Å². The molecule has 7 heteroatoms. The lowest BCUT2D eigenvalue weighted by atomic mass is 10.1. The van der Waals surface area contributed by atoms with Crippen LogP contribution in [0, 0.1) is 25.7 Å². The van der Waals surface area contributed by atoms with Gasteiger partial charge in [-0.2, -0.15) is 0 Å². The van der Waals surface area contributed by atoms with Crippen LogP contribution in [0.3, 0.4) is 0 Å². The number of nitrogens with two attached hydrogens (primary N) is 1. The Morgan fingerprint density at radius 2 is 2.04 bits per heavy atom. The molecular formula is C19H19ClN6. The second kappa shape index (κ2) is 7.14. The van der Waals surface area contributed by atoms with Crippen LogP contribution in [0.1, 0.15) is 23.7 Å². The van der Waals surface area contributed by atoms with E-state index in [2.05, 4.69) is 38.4 Å². The summed E-state index contributed by atoms with van der Waals surface area (Å²) in [7, 11) is 0. The highest BCUT2D eigenvalue weighted by Gasteiger charge is 2.34. The topological polar surface area (TPSA) is 80.3 Å². The van der Waals surface area contributed by atoms with Crippen molar-refractivity contribution < 1.29 is 0 Å². The molecule has 1 aliphatic heterocycles. The third kappa shape index (κ3) is 3.39. The van der Waals surface area contributed by atoms with Crippen molar-refractivity contribution in [3.05, 3.63) is 58.9 Å². The first kappa shape index (κ1) is 17.9. The first-order chi connectivity index (χ1) is 12.4. The van der Waals surface area contributed by atoms with Gasteiger partial charge in [0, 0.05) is 17.3 Å². The van der Waals surface area contributed by atoms with Crippen LogP contribution in [0.5, 0.6) is 0 Å². The molecule has 2 aromatic heterocycles. The number of amidine groups is 1. The van der Waals surface area contributed by atoms with Crippen LogP contribution in [-0.4, -0.2) is 32.9 Å². The summed E-state index contributed by atoms with van der Waals surface area (Å²) in [4.78, 5) is 19.3. The van der Waals surface area contributed by atoms with Crippen LogP contribution in [0.25, 0.3) is 0 Å². The summed E-state index contributed by atoms with van der Waals surface area (Å²) in [5.74, 6) is 7.59. The maximum atomic E-state index is 6.06. The van der Waals surface area contributed by atoms with Gasteiger partial charge in [0.25, 0.3) is 0 Å². The first-order valence-electron chi connectivity index (χ1n) is 8.11. The minimum Gasteiger partial charge on any atom is -0.396 e. The fourth-order valence-electron chi connectivity index (χ4n) is 2.65. The third-order valence-corrected chi connectivity index (χ3v) is 4.53. The van der Waals surface area contributed by atoms with E-state index in [4.69, 9.17) is 17.3 Å². The smallest absolute Gasteiger partial charge is 0.153 e. The molecular weight excluding hydrogens is 348 g/mol. The number of hydrogen-bond donors (Lipinski definition) is 1. The fraction of sp³-hybridized carbons (Fsp3) is 0.263. The van der Waals surface area contributed by atoms with Gasteiger partial charge in [0.05, 0.1) is 29.8 Å². The quantitative estimate of drug-likeness (QED) is 0.652. The van der Waals surface area contributed by atoms with E-state index in [0.29, 0.717) is 22.5 Å². The van der Waals surface area contributed by atoms with Gasteiger partial charge in [-0.25, -0.2) is 15.0 Å². The molecule has 2 atom stereocenters. The van der Waals surface area contributed by atoms with Crippen LogP contribution in [0.15, 0.2) is 41.9 Å². The van der Waals surface area contributed by atoms with E-state index in [0.717, 1.165) is 16.8 Å². The second-order valence-corrected chi connectivity index (χ2v) is 6.45. The van der Waals surface area contributed by atoms with Crippen LogP contribution in [0.4, 0.5) is 5.82 Å². The van der Waals surface area contributed by atoms with Crippen LogP contribution >= 0.6 is 11.6 Å². The van der Waals surface area contributed by atoms with Crippen molar-refractivity contribution in [3.63, 3.8) is 0 Å². The highest BCUT2D eigenvalue weighted by Crippen LogP contribution is 2.25. The molecule has 2 unspecified atom stereocenters. The monoisotopic (exact) mass is 366 g/mol. The maximum absolute atomic E-state index is 6.06. The van der Waals surface area contributed by atoms with Gasteiger partial charge in [0.1, 0.15) is 11.2 Å². The minimum atomic E-state index is -0.278. The SMILES string of the molecule is C=C(N)C1=NC(C#Cc2ccnc(Cl)c2C)C(C)N1c1cnc(C)cn1. The zero-order chi connectivity index (χ0) is 18.8. The molecule has 26 heavy (non-hydrogen) atoms. The standard InChI is InChI=1S/C19H19ClN6/c1-11-9-24-17(10-23-11)26-14(4)16(25-19(26)13(3)21)6-5-15-7-8-22-18(20)12(15)2/h7-10,14,16H,3,21H2,1-2,4H3. The number of halogens is 1. The Morgan fingerprint density at radius 1 is 1.27 bits per heavy atom. The van der Waals surface area contributed by atoms with Crippen LogP contribution in [0.2, 0.25) is 5.15 Å². The Balaban J connectivity index is 1.95. The van der Waals surface area contributed by atoms with Crippen molar-refractivity contribution in [3.8, 4) is 11.8 Å². The Bertz CT molecular complexity index is 939. The zero-order valence-electron chi connectivity index (χ0n) is 14.9. The molecule has 0 aromatic carbocycles. The predicted molar refractivity (Wildman–Crippen MR) is 104 cm³/mol. The molecule has 1 aliphatic rings. The summed E-state index contributed by atoms with van der Waals surface area (Å²) in [6.45, 7) is 9.62. The summed E-state index contributed by atoms with van der Waals surface area (Å²) >= 11 is 6.06. The van der Waals surface area contributed by atoms with E-state index >= 15 is 0 Å². The molecule has 2 N–H and O–H groups in total. The average molecular weight is 367 g/mol. The molecule has 0 amide bonds. The van der Waals surface area contributed by atoms with Crippen molar-refractivity contribution >= 4 is 23.3 Å². The molecule has 6 nitrogen and oxygen atoms in total. The molecule has 0 radical (unpaired) electrons. The van der Waals surface area contributed by atoms with Gasteiger partial charge in [0.2, 0.25) is 0 Å². The summed E-state index contributed by atoms with van der Waals surface area (Å²) in [6, 6.07) is 1.50. The van der Waals surface area contributed by atoms with Crippen molar-refractivity contribution in [1.82, 2.24) is 15.0 Å². The van der Waals surface area contributed by atoms with Crippen molar-refractivity contribution in [2.45, 2.75) is 32.9 Å². The second-order valence-electron chi connectivity index (χ2n) is 6.09. The Hall–Kier alpha value is -2.91. The number of aliphatic imine (C=N–C) groups is 1. The van der Waals surface area contributed by atoms with Gasteiger partial charge in [-0.3, -0.25) is 4.98 Å². The molecule has 0 saturated carbocycles. The molecule has 3 heterocycles. The van der Waals surface area contributed by atoms with E-state index in [1.165, 1.54) is 0 Å².